The van der Waals surface area contributed by atoms with Crippen LogP contribution in [0.4, 0.5) is 0 Å². The molecule has 0 aromatic rings. The number of hydrogen-bond donors (Lipinski definition) is 1. The summed E-state index contributed by atoms with van der Waals surface area (Å²) in [5, 5.41) is 0. The first-order valence-electron chi connectivity index (χ1n) is 5.05. The van der Waals surface area contributed by atoms with E-state index < -0.39 is 0 Å². The number of rotatable bonds is 1. The third-order valence-electron chi connectivity index (χ3n) is 3.69. The summed E-state index contributed by atoms with van der Waals surface area (Å²) in [6.07, 6.45) is 5.26. The molecule has 12 heavy (non-hydrogen) atoms. The van der Waals surface area contributed by atoms with Crippen molar-refractivity contribution in [2.24, 2.45) is 17.1 Å². The maximum atomic E-state index is 5.86. The maximum absolute atomic E-state index is 5.86. The third kappa shape index (κ3) is 1.38. The van der Waals surface area contributed by atoms with E-state index in [4.69, 9.17) is 10.5 Å². The zero-order chi connectivity index (χ0) is 8.60. The lowest BCUT2D eigenvalue weighted by Gasteiger charge is -2.51. The standard InChI is InChI=1S/C10H19NO/c1-8(11)9-6-10(7-9)2-4-12-5-3-10/h8-9H,2-7,11H2,1H3/t8-/m0/s1. The number of nitrogens with two attached hydrogens (primary N) is 1. The highest BCUT2D eigenvalue weighted by atomic mass is 16.5. The van der Waals surface area contributed by atoms with Gasteiger partial charge in [0.25, 0.3) is 0 Å². The molecule has 2 N–H and O–H groups in total. The van der Waals surface area contributed by atoms with Crippen molar-refractivity contribution < 1.29 is 4.74 Å². The minimum Gasteiger partial charge on any atom is -0.381 e. The minimum absolute atomic E-state index is 0.401. The Balaban J connectivity index is 1.84. The molecular weight excluding hydrogens is 150 g/mol. The molecule has 2 heteroatoms. The molecule has 0 unspecified atom stereocenters. The SMILES string of the molecule is C[C@H](N)C1CC2(CCOCC2)C1. The first-order valence-corrected chi connectivity index (χ1v) is 5.05. The molecule has 1 atom stereocenters. The van der Waals surface area contributed by atoms with Crippen molar-refractivity contribution in [3.8, 4) is 0 Å². The highest BCUT2D eigenvalue weighted by Crippen LogP contribution is 2.52. The largest absolute Gasteiger partial charge is 0.381 e. The summed E-state index contributed by atoms with van der Waals surface area (Å²) in [7, 11) is 0. The molecule has 0 aromatic carbocycles. The average molecular weight is 169 g/mol. The van der Waals surface area contributed by atoms with Crippen LogP contribution in [0.5, 0.6) is 0 Å². The molecule has 1 aliphatic heterocycles. The smallest absolute Gasteiger partial charge is 0.0471 e. The Bertz CT molecular complexity index is 153. The van der Waals surface area contributed by atoms with Gasteiger partial charge in [0.05, 0.1) is 0 Å². The second-order valence-electron chi connectivity index (χ2n) is 4.64. The van der Waals surface area contributed by atoms with Crippen LogP contribution in [0.25, 0.3) is 0 Å². The van der Waals surface area contributed by atoms with Gasteiger partial charge in [-0.3, -0.25) is 0 Å². The second-order valence-corrected chi connectivity index (χ2v) is 4.64. The van der Waals surface area contributed by atoms with Crippen molar-refractivity contribution in [2.75, 3.05) is 13.2 Å². The molecule has 0 aromatic heterocycles. The van der Waals surface area contributed by atoms with E-state index >= 15 is 0 Å². The summed E-state index contributed by atoms with van der Waals surface area (Å²) < 4.78 is 5.37. The Kier molecular flexibility index (Phi) is 2.13. The van der Waals surface area contributed by atoms with Crippen molar-refractivity contribution in [1.82, 2.24) is 0 Å². The predicted molar refractivity (Wildman–Crippen MR) is 48.9 cm³/mol. The van der Waals surface area contributed by atoms with Gasteiger partial charge in [0.2, 0.25) is 0 Å². The predicted octanol–water partition coefficient (Wildman–Crippen LogP) is 1.54. The quantitative estimate of drug-likeness (QED) is 0.646. The van der Waals surface area contributed by atoms with E-state index in [1.807, 2.05) is 0 Å². The average Bonchev–Trinajstić information content (AvgIpc) is 2.01. The lowest BCUT2D eigenvalue weighted by atomic mass is 9.57. The van der Waals surface area contributed by atoms with Gasteiger partial charge in [0.1, 0.15) is 0 Å². The Hall–Kier alpha value is -0.0800. The highest BCUT2D eigenvalue weighted by Gasteiger charge is 2.45. The van der Waals surface area contributed by atoms with E-state index in [0.29, 0.717) is 11.5 Å². The zero-order valence-electron chi connectivity index (χ0n) is 7.88. The van der Waals surface area contributed by atoms with Crippen molar-refractivity contribution >= 4 is 0 Å². The van der Waals surface area contributed by atoms with E-state index in [1.165, 1.54) is 25.7 Å². The van der Waals surface area contributed by atoms with E-state index in [0.717, 1.165) is 19.1 Å². The molecular formula is C10H19NO. The van der Waals surface area contributed by atoms with Crippen molar-refractivity contribution in [3.63, 3.8) is 0 Å². The molecule has 2 aliphatic rings. The lowest BCUT2D eigenvalue weighted by molar-refractivity contribution is -0.0635. The molecule has 1 saturated carbocycles. The van der Waals surface area contributed by atoms with Crippen LogP contribution in [0.15, 0.2) is 0 Å². The third-order valence-corrected chi connectivity index (χ3v) is 3.69. The fourth-order valence-electron chi connectivity index (χ4n) is 2.64. The zero-order valence-corrected chi connectivity index (χ0v) is 7.88. The fraction of sp³-hybridized carbons (Fsp3) is 1.00. The Morgan fingerprint density at radius 1 is 1.33 bits per heavy atom. The van der Waals surface area contributed by atoms with Crippen LogP contribution in [-0.4, -0.2) is 19.3 Å². The van der Waals surface area contributed by atoms with E-state index in [2.05, 4.69) is 6.92 Å². The first kappa shape index (κ1) is 8.52. The molecule has 1 heterocycles. The maximum Gasteiger partial charge on any atom is 0.0471 e. The van der Waals surface area contributed by atoms with Gasteiger partial charge in [0.15, 0.2) is 0 Å². The topological polar surface area (TPSA) is 35.2 Å². The van der Waals surface area contributed by atoms with Crippen LogP contribution in [0.3, 0.4) is 0 Å². The molecule has 0 bridgehead atoms. The highest BCUT2D eigenvalue weighted by molar-refractivity contribution is 4.97. The fourth-order valence-corrected chi connectivity index (χ4v) is 2.64. The van der Waals surface area contributed by atoms with Gasteiger partial charge in [-0.2, -0.15) is 0 Å². The van der Waals surface area contributed by atoms with Crippen LogP contribution in [0.1, 0.15) is 32.6 Å². The first-order chi connectivity index (χ1) is 5.72. The van der Waals surface area contributed by atoms with Crippen molar-refractivity contribution in [1.29, 1.82) is 0 Å². The van der Waals surface area contributed by atoms with Gasteiger partial charge >= 0.3 is 0 Å². The molecule has 0 amide bonds. The lowest BCUT2D eigenvalue weighted by Crippen LogP contribution is -2.47. The summed E-state index contributed by atoms with van der Waals surface area (Å²) in [4.78, 5) is 0. The van der Waals surface area contributed by atoms with Crippen LogP contribution < -0.4 is 5.73 Å². The summed E-state index contributed by atoms with van der Waals surface area (Å²) in [6.45, 7) is 4.09. The van der Waals surface area contributed by atoms with Crippen molar-refractivity contribution in [2.45, 2.75) is 38.6 Å². The second kappa shape index (κ2) is 3.00. The van der Waals surface area contributed by atoms with E-state index in [1.54, 1.807) is 0 Å². The summed E-state index contributed by atoms with van der Waals surface area (Å²) in [6, 6.07) is 0.401. The van der Waals surface area contributed by atoms with Gasteiger partial charge in [-0.1, -0.05) is 0 Å². The van der Waals surface area contributed by atoms with E-state index in [-0.39, 0.29) is 0 Å². The monoisotopic (exact) mass is 169 g/mol. The normalized spacial score (nSPS) is 31.5. The van der Waals surface area contributed by atoms with Crippen LogP contribution in [0, 0.1) is 11.3 Å². The van der Waals surface area contributed by atoms with Gasteiger partial charge in [-0.25, -0.2) is 0 Å². The molecule has 2 rings (SSSR count). The van der Waals surface area contributed by atoms with Gasteiger partial charge < -0.3 is 10.5 Å². The summed E-state index contributed by atoms with van der Waals surface area (Å²) >= 11 is 0. The van der Waals surface area contributed by atoms with Crippen LogP contribution in [0.2, 0.25) is 0 Å². The minimum atomic E-state index is 0.401. The van der Waals surface area contributed by atoms with Gasteiger partial charge in [0, 0.05) is 19.3 Å². The molecule has 1 spiro atoms. The molecule has 0 radical (unpaired) electrons. The van der Waals surface area contributed by atoms with Crippen molar-refractivity contribution in [3.05, 3.63) is 0 Å². The van der Waals surface area contributed by atoms with Gasteiger partial charge in [-0.05, 0) is 43.9 Å². The molecule has 70 valence electrons. The van der Waals surface area contributed by atoms with Crippen LogP contribution in [-0.2, 0) is 4.74 Å². The summed E-state index contributed by atoms with van der Waals surface area (Å²) in [5.74, 6) is 0.795. The molecule has 1 saturated heterocycles. The Labute approximate surface area is 74.5 Å². The Morgan fingerprint density at radius 3 is 2.42 bits per heavy atom. The molecule has 2 fully saturated rings. The van der Waals surface area contributed by atoms with Gasteiger partial charge in [-0.15, -0.1) is 0 Å². The van der Waals surface area contributed by atoms with Crippen LogP contribution >= 0.6 is 0 Å². The molecule has 2 nitrogen and oxygen atoms in total. The number of ether oxygens (including phenoxy) is 1. The Morgan fingerprint density at radius 2 is 1.92 bits per heavy atom. The van der Waals surface area contributed by atoms with E-state index in [9.17, 15) is 0 Å². The summed E-state index contributed by atoms with van der Waals surface area (Å²) in [5.41, 5.74) is 6.51. The molecule has 1 aliphatic carbocycles. The number of hydrogen-bond acceptors (Lipinski definition) is 2.